The predicted molar refractivity (Wildman–Crippen MR) is 61.8 cm³/mol. The van der Waals surface area contributed by atoms with E-state index in [1.54, 1.807) is 0 Å². The number of sulfonamides is 1. The molecule has 0 aromatic heterocycles. The summed E-state index contributed by atoms with van der Waals surface area (Å²) >= 11 is 0. The molecule has 0 radical (unpaired) electrons. The minimum atomic E-state index is -3.27. The topological polar surface area (TPSA) is 113 Å². The molecule has 0 aliphatic heterocycles. The summed E-state index contributed by atoms with van der Waals surface area (Å²) in [5, 5.41) is 11.2. The van der Waals surface area contributed by atoms with E-state index in [4.69, 9.17) is 5.11 Å². The Hall–Kier alpha value is -1.15. The lowest BCUT2D eigenvalue weighted by Crippen LogP contribution is -2.39. The Morgan fingerprint density at radius 1 is 1.18 bits per heavy atom. The zero-order chi connectivity index (χ0) is 13.6. The molecule has 0 saturated carbocycles. The number of carboxylic acids is 1. The Bertz CT molecular complexity index is 379. The summed E-state index contributed by atoms with van der Waals surface area (Å²) in [5.41, 5.74) is 0. The van der Waals surface area contributed by atoms with E-state index < -0.39 is 33.7 Å². The zero-order valence-corrected chi connectivity index (χ0v) is 10.9. The quantitative estimate of drug-likeness (QED) is 0.512. The van der Waals surface area contributed by atoms with Gasteiger partial charge in [-0.1, -0.05) is 13.8 Å². The monoisotopic (exact) mass is 266 g/mol. The van der Waals surface area contributed by atoms with Crippen LogP contribution in [0.25, 0.3) is 0 Å². The number of nitrogens with one attached hydrogen (secondary N) is 2. The molecule has 17 heavy (non-hydrogen) atoms. The van der Waals surface area contributed by atoms with Gasteiger partial charge in [0.2, 0.25) is 15.9 Å². The van der Waals surface area contributed by atoms with Gasteiger partial charge in [0.1, 0.15) is 0 Å². The second kappa shape index (κ2) is 6.55. The van der Waals surface area contributed by atoms with E-state index in [2.05, 4.69) is 10.0 Å². The van der Waals surface area contributed by atoms with E-state index in [1.807, 2.05) is 0 Å². The van der Waals surface area contributed by atoms with Gasteiger partial charge in [0, 0.05) is 19.0 Å². The smallest absolute Gasteiger partial charge is 0.307 e. The number of hydrogen-bond acceptors (Lipinski definition) is 4. The van der Waals surface area contributed by atoms with E-state index in [0.717, 1.165) is 6.26 Å². The number of hydrogen-bond donors (Lipinski definition) is 3. The molecule has 0 aromatic rings. The van der Waals surface area contributed by atoms with Crippen molar-refractivity contribution in [3.8, 4) is 0 Å². The van der Waals surface area contributed by atoms with Gasteiger partial charge in [0.15, 0.2) is 0 Å². The van der Waals surface area contributed by atoms with Gasteiger partial charge in [-0.05, 0) is 0 Å². The molecule has 0 saturated heterocycles. The van der Waals surface area contributed by atoms with Crippen LogP contribution in [-0.2, 0) is 19.6 Å². The fourth-order valence-electron chi connectivity index (χ4n) is 1.02. The second-order valence-corrected chi connectivity index (χ2v) is 5.71. The van der Waals surface area contributed by atoms with Crippen LogP contribution in [-0.4, -0.2) is 44.7 Å². The van der Waals surface area contributed by atoms with Crippen molar-refractivity contribution in [3.05, 3.63) is 0 Å². The lowest BCUT2D eigenvalue weighted by atomic mass is 9.95. The molecule has 8 heteroatoms. The molecule has 2 unspecified atom stereocenters. The first kappa shape index (κ1) is 15.9. The van der Waals surface area contributed by atoms with Crippen molar-refractivity contribution < 1.29 is 23.1 Å². The number of carbonyl (C=O) groups excluding carboxylic acids is 1. The summed E-state index contributed by atoms with van der Waals surface area (Å²) in [6.45, 7) is 3.17. The molecular weight excluding hydrogens is 248 g/mol. The largest absolute Gasteiger partial charge is 0.481 e. The summed E-state index contributed by atoms with van der Waals surface area (Å²) in [4.78, 5) is 22.1. The Morgan fingerprint density at radius 3 is 2.12 bits per heavy atom. The Morgan fingerprint density at radius 2 is 1.71 bits per heavy atom. The fraction of sp³-hybridized carbons (Fsp3) is 0.778. The number of amides is 1. The maximum atomic E-state index is 11.5. The van der Waals surface area contributed by atoms with Crippen LogP contribution in [0.4, 0.5) is 0 Å². The van der Waals surface area contributed by atoms with E-state index >= 15 is 0 Å². The minimum absolute atomic E-state index is 0.0821. The lowest BCUT2D eigenvalue weighted by Gasteiger charge is -2.15. The van der Waals surface area contributed by atoms with Gasteiger partial charge < -0.3 is 10.4 Å². The minimum Gasteiger partial charge on any atom is -0.481 e. The summed E-state index contributed by atoms with van der Waals surface area (Å²) in [6, 6.07) is 0. The van der Waals surface area contributed by atoms with Gasteiger partial charge in [-0.25, -0.2) is 13.1 Å². The van der Waals surface area contributed by atoms with Gasteiger partial charge in [-0.2, -0.15) is 0 Å². The summed E-state index contributed by atoms with van der Waals surface area (Å²) in [7, 11) is -3.27. The Kier molecular flexibility index (Phi) is 6.11. The van der Waals surface area contributed by atoms with E-state index in [9.17, 15) is 18.0 Å². The summed E-state index contributed by atoms with van der Waals surface area (Å²) in [6.07, 6.45) is 1.02. The maximum absolute atomic E-state index is 11.5. The van der Waals surface area contributed by atoms with Crippen LogP contribution in [0, 0.1) is 11.8 Å². The van der Waals surface area contributed by atoms with Crippen molar-refractivity contribution in [3.63, 3.8) is 0 Å². The van der Waals surface area contributed by atoms with Crippen LogP contribution in [0.15, 0.2) is 0 Å². The van der Waals surface area contributed by atoms with Crippen LogP contribution in [0.5, 0.6) is 0 Å². The first-order valence-corrected chi connectivity index (χ1v) is 6.99. The number of rotatable bonds is 7. The molecule has 7 nitrogen and oxygen atoms in total. The van der Waals surface area contributed by atoms with Crippen molar-refractivity contribution in [1.29, 1.82) is 0 Å². The van der Waals surface area contributed by atoms with Crippen LogP contribution in [0.3, 0.4) is 0 Å². The second-order valence-electron chi connectivity index (χ2n) is 3.87. The normalized spacial score (nSPS) is 15.0. The highest BCUT2D eigenvalue weighted by atomic mass is 32.2. The molecule has 0 heterocycles. The van der Waals surface area contributed by atoms with Crippen molar-refractivity contribution in [2.24, 2.45) is 11.8 Å². The van der Waals surface area contributed by atoms with Crippen molar-refractivity contribution >= 4 is 21.9 Å². The van der Waals surface area contributed by atoms with E-state index in [1.165, 1.54) is 13.8 Å². The lowest BCUT2D eigenvalue weighted by molar-refractivity contribution is -0.146. The van der Waals surface area contributed by atoms with E-state index in [-0.39, 0.29) is 13.1 Å². The molecule has 0 aliphatic rings. The van der Waals surface area contributed by atoms with Crippen molar-refractivity contribution in [2.45, 2.75) is 13.8 Å². The molecule has 1 amide bonds. The van der Waals surface area contributed by atoms with Crippen LogP contribution >= 0.6 is 0 Å². The van der Waals surface area contributed by atoms with Crippen LogP contribution < -0.4 is 10.0 Å². The molecule has 0 aliphatic carbocycles. The molecule has 0 bridgehead atoms. The van der Waals surface area contributed by atoms with E-state index in [0.29, 0.717) is 0 Å². The maximum Gasteiger partial charge on any atom is 0.307 e. The molecule has 0 aromatic carbocycles. The molecule has 0 spiro atoms. The molecule has 0 fully saturated rings. The molecule has 100 valence electrons. The number of carboxylic acid groups (broad SMARTS) is 1. The highest BCUT2D eigenvalue weighted by Crippen LogP contribution is 2.10. The zero-order valence-electron chi connectivity index (χ0n) is 10.1. The first-order valence-electron chi connectivity index (χ1n) is 5.10. The molecule has 3 N–H and O–H groups in total. The Labute approximate surface area is 101 Å². The third-order valence-corrected chi connectivity index (χ3v) is 3.07. The van der Waals surface area contributed by atoms with Gasteiger partial charge in [0.05, 0.1) is 12.2 Å². The van der Waals surface area contributed by atoms with Gasteiger partial charge >= 0.3 is 5.97 Å². The average molecular weight is 266 g/mol. The van der Waals surface area contributed by atoms with Gasteiger partial charge in [0.25, 0.3) is 0 Å². The standard InChI is InChI=1S/C9H18N2O5S/c1-6(7(2)9(13)14)8(12)10-4-5-11-17(3,15)16/h6-7,11H,4-5H2,1-3H3,(H,10,12)(H,13,14). The third kappa shape index (κ3) is 6.90. The molecule has 0 rings (SSSR count). The highest BCUT2D eigenvalue weighted by Gasteiger charge is 2.25. The summed E-state index contributed by atoms with van der Waals surface area (Å²) in [5.74, 6) is -2.89. The van der Waals surface area contributed by atoms with Gasteiger partial charge in [-0.15, -0.1) is 0 Å². The highest BCUT2D eigenvalue weighted by molar-refractivity contribution is 7.88. The molecular formula is C9H18N2O5S. The predicted octanol–water partition coefficient (Wildman–Crippen LogP) is -0.991. The molecule has 2 atom stereocenters. The first-order chi connectivity index (χ1) is 7.65. The number of carbonyl (C=O) groups is 2. The third-order valence-electron chi connectivity index (χ3n) is 2.34. The fourth-order valence-corrected chi connectivity index (χ4v) is 1.50. The Balaban J connectivity index is 3.99. The van der Waals surface area contributed by atoms with Crippen molar-refractivity contribution in [2.75, 3.05) is 19.3 Å². The number of aliphatic carboxylic acids is 1. The van der Waals surface area contributed by atoms with Crippen molar-refractivity contribution in [1.82, 2.24) is 10.0 Å². The average Bonchev–Trinajstić information content (AvgIpc) is 2.20. The van der Waals surface area contributed by atoms with Crippen LogP contribution in [0.2, 0.25) is 0 Å². The summed E-state index contributed by atoms with van der Waals surface area (Å²) < 4.78 is 23.6. The van der Waals surface area contributed by atoms with Gasteiger partial charge in [-0.3, -0.25) is 9.59 Å². The van der Waals surface area contributed by atoms with Crippen LogP contribution in [0.1, 0.15) is 13.8 Å². The SMILES string of the molecule is CC(C(=O)O)C(C)C(=O)NCCNS(C)(=O)=O.